The van der Waals surface area contributed by atoms with E-state index < -0.39 is 0 Å². The van der Waals surface area contributed by atoms with Gasteiger partial charge in [-0.25, -0.2) is 9.18 Å². The van der Waals surface area contributed by atoms with Gasteiger partial charge in [-0.3, -0.25) is 9.69 Å². The number of benzene rings is 1. The van der Waals surface area contributed by atoms with E-state index in [9.17, 15) is 14.0 Å². The fraction of sp³-hybridized carbons (Fsp3) is 0.478. The number of hydrogen-bond acceptors (Lipinski definition) is 4. The van der Waals surface area contributed by atoms with Crippen molar-refractivity contribution < 1.29 is 18.7 Å². The number of halogens is 1. The first-order valence-corrected chi connectivity index (χ1v) is 10.8. The third-order valence-corrected chi connectivity index (χ3v) is 6.11. The summed E-state index contributed by atoms with van der Waals surface area (Å²) in [6.07, 6.45) is 0. The van der Waals surface area contributed by atoms with E-state index in [4.69, 9.17) is 4.74 Å². The number of morpholine rings is 1. The summed E-state index contributed by atoms with van der Waals surface area (Å²) in [5.41, 5.74) is 3.32. The average Bonchev–Trinajstić information content (AvgIpc) is 3.09. The van der Waals surface area contributed by atoms with Gasteiger partial charge >= 0.3 is 6.03 Å². The molecule has 2 fully saturated rings. The minimum atomic E-state index is -0.284. The quantitative estimate of drug-likeness (QED) is 0.702. The molecule has 4 rings (SSSR count). The number of carbonyl (C=O) groups excluding carboxylic acids is 2. The maximum Gasteiger partial charge on any atom is 0.320 e. The molecular formula is C23H29FN4O3. The molecule has 3 heterocycles. The van der Waals surface area contributed by atoms with Gasteiger partial charge in [-0.1, -0.05) is 0 Å². The van der Waals surface area contributed by atoms with E-state index in [1.165, 1.54) is 12.1 Å². The predicted octanol–water partition coefficient (Wildman–Crippen LogP) is 2.49. The highest BCUT2D eigenvalue weighted by Crippen LogP contribution is 2.22. The first-order chi connectivity index (χ1) is 14.9. The topological polar surface area (TPSA) is 58.0 Å². The van der Waals surface area contributed by atoms with E-state index in [-0.39, 0.29) is 17.6 Å². The molecule has 0 atom stereocenters. The number of aryl methyl sites for hydroxylation is 1. The minimum absolute atomic E-state index is 0.0643. The highest BCUT2D eigenvalue weighted by Gasteiger charge is 2.27. The van der Waals surface area contributed by atoms with Gasteiger partial charge in [-0.05, 0) is 44.2 Å². The summed E-state index contributed by atoms with van der Waals surface area (Å²) in [5.74, 6) is -0.219. The maximum absolute atomic E-state index is 13.3. The Hall–Kier alpha value is -2.71. The van der Waals surface area contributed by atoms with Gasteiger partial charge in [0.2, 0.25) is 0 Å². The van der Waals surface area contributed by atoms with Crippen LogP contribution in [0.2, 0.25) is 0 Å². The van der Waals surface area contributed by atoms with Crippen LogP contribution in [-0.4, -0.2) is 90.1 Å². The van der Waals surface area contributed by atoms with Crippen molar-refractivity contribution in [2.24, 2.45) is 0 Å². The summed E-state index contributed by atoms with van der Waals surface area (Å²) in [5, 5.41) is 0. The Morgan fingerprint density at radius 3 is 2.19 bits per heavy atom. The second kappa shape index (κ2) is 9.20. The lowest BCUT2D eigenvalue weighted by Crippen LogP contribution is -2.55. The Morgan fingerprint density at radius 2 is 1.55 bits per heavy atom. The SMILES string of the molecule is Cc1cc(C(=O)CN2CCN(C(=O)N3CCOCC3)CC2)c(C)n1-c1ccc(F)cc1. The number of carbonyl (C=O) groups is 2. The summed E-state index contributed by atoms with van der Waals surface area (Å²) < 4.78 is 20.6. The van der Waals surface area contributed by atoms with E-state index >= 15 is 0 Å². The van der Waals surface area contributed by atoms with Crippen molar-refractivity contribution in [1.82, 2.24) is 19.3 Å². The molecule has 7 nitrogen and oxygen atoms in total. The number of ketones is 1. The Bertz CT molecular complexity index is 942. The largest absolute Gasteiger partial charge is 0.378 e. The lowest BCUT2D eigenvalue weighted by molar-refractivity contribution is 0.0376. The number of urea groups is 1. The van der Waals surface area contributed by atoms with E-state index in [0.717, 1.165) is 17.1 Å². The lowest BCUT2D eigenvalue weighted by atomic mass is 10.1. The van der Waals surface area contributed by atoms with Crippen molar-refractivity contribution in [3.8, 4) is 5.69 Å². The van der Waals surface area contributed by atoms with Crippen LogP contribution in [0.4, 0.5) is 9.18 Å². The molecule has 31 heavy (non-hydrogen) atoms. The van der Waals surface area contributed by atoms with E-state index in [2.05, 4.69) is 4.90 Å². The van der Waals surface area contributed by atoms with Crippen LogP contribution >= 0.6 is 0 Å². The second-order valence-electron chi connectivity index (χ2n) is 8.16. The molecule has 1 aromatic heterocycles. The van der Waals surface area contributed by atoms with Gasteiger partial charge in [0, 0.05) is 61.9 Å². The van der Waals surface area contributed by atoms with Gasteiger partial charge in [0.05, 0.1) is 19.8 Å². The predicted molar refractivity (Wildman–Crippen MR) is 115 cm³/mol. The van der Waals surface area contributed by atoms with Crippen LogP contribution in [0.3, 0.4) is 0 Å². The van der Waals surface area contributed by atoms with Crippen LogP contribution < -0.4 is 0 Å². The van der Waals surface area contributed by atoms with E-state index in [0.29, 0.717) is 64.6 Å². The number of piperazine rings is 1. The first kappa shape index (κ1) is 21.5. The fourth-order valence-corrected chi connectivity index (χ4v) is 4.37. The van der Waals surface area contributed by atoms with E-state index in [1.54, 1.807) is 12.1 Å². The van der Waals surface area contributed by atoms with Gasteiger partial charge in [0.15, 0.2) is 5.78 Å². The molecule has 0 aliphatic carbocycles. The van der Waals surface area contributed by atoms with Crippen LogP contribution in [0.15, 0.2) is 30.3 Å². The zero-order chi connectivity index (χ0) is 22.0. The van der Waals surface area contributed by atoms with E-state index in [1.807, 2.05) is 34.3 Å². The smallest absolute Gasteiger partial charge is 0.320 e. The Morgan fingerprint density at radius 1 is 0.935 bits per heavy atom. The third-order valence-electron chi connectivity index (χ3n) is 6.11. The molecular weight excluding hydrogens is 399 g/mol. The van der Waals surface area contributed by atoms with Gasteiger partial charge < -0.3 is 19.1 Å². The van der Waals surface area contributed by atoms with Crippen molar-refractivity contribution in [1.29, 1.82) is 0 Å². The summed E-state index contributed by atoms with van der Waals surface area (Å²) in [6.45, 7) is 9.27. The number of Topliss-reactive ketones (excluding diaryl/α,β-unsaturated/α-hetero) is 1. The minimum Gasteiger partial charge on any atom is -0.378 e. The normalized spacial score (nSPS) is 17.8. The van der Waals surface area contributed by atoms with Gasteiger partial charge in [0.25, 0.3) is 0 Å². The molecule has 2 amide bonds. The molecule has 0 unspecified atom stereocenters. The summed E-state index contributed by atoms with van der Waals surface area (Å²) >= 11 is 0. The molecule has 0 bridgehead atoms. The number of amides is 2. The lowest BCUT2D eigenvalue weighted by Gasteiger charge is -2.38. The zero-order valence-electron chi connectivity index (χ0n) is 18.1. The van der Waals surface area contributed by atoms with Crippen molar-refractivity contribution >= 4 is 11.8 Å². The van der Waals surface area contributed by atoms with Gasteiger partial charge in [0.1, 0.15) is 5.82 Å². The van der Waals surface area contributed by atoms with Crippen LogP contribution in [0.25, 0.3) is 5.69 Å². The molecule has 0 saturated carbocycles. The van der Waals surface area contributed by atoms with Gasteiger partial charge in [-0.2, -0.15) is 0 Å². The Kier molecular flexibility index (Phi) is 6.38. The molecule has 0 N–H and O–H groups in total. The van der Waals surface area contributed by atoms with Crippen LogP contribution in [0, 0.1) is 19.7 Å². The first-order valence-electron chi connectivity index (χ1n) is 10.8. The van der Waals surface area contributed by atoms with Crippen molar-refractivity contribution in [3.05, 3.63) is 53.1 Å². The van der Waals surface area contributed by atoms with Gasteiger partial charge in [-0.15, -0.1) is 0 Å². The number of ether oxygens (including phenoxy) is 1. The molecule has 8 heteroatoms. The van der Waals surface area contributed by atoms with Crippen molar-refractivity contribution in [2.75, 3.05) is 59.0 Å². The molecule has 0 radical (unpaired) electrons. The highest BCUT2D eigenvalue weighted by atomic mass is 19.1. The van der Waals surface area contributed by atoms with Crippen molar-refractivity contribution in [2.45, 2.75) is 13.8 Å². The zero-order valence-corrected chi connectivity index (χ0v) is 18.1. The molecule has 0 spiro atoms. The van der Waals surface area contributed by atoms with Crippen molar-refractivity contribution in [3.63, 3.8) is 0 Å². The molecule has 1 aromatic carbocycles. The number of rotatable bonds is 4. The fourth-order valence-electron chi connectivity index (χ4n) is 4.37. The monoisotopic (exact) mass is 428 g/mol. The molecule has 2 saturated heterocycles. The molecule has 166 valence electrons. The third kappa shape index (κ3) is 4.65. The second-order valence-corrected chi connectivity index (χ2v) is 8.16. The Labute approximate surface area is 182 Å². The number of hydrogen-bond donors (Lipinski definition) is 0. The average molecular weight is 429 g/mol. The van der Waals surface area contributed by atoms with Crippen LogP contribution in [-0.2, 0) is 4.74 Å². The van der Waals surface area contributed by atoms with Crippen LogP contribution in [0.5, 0.6) is 0 Å². The maximum atomic E-state index is 13.3. The molecule has 2 aliphatic rings. The highest BCUT2D eigenvalue weighted by molar-refractivity contribution is 5.99. The standard InChI is InChI=1S/C23H29FN4O3/c1-17-15-21(18(2)28(17)20-5-3-19(24)4-6-20)22(29)16-25-7-9-26(10-8-25)23(30)27-11-13-31-14-12-27/h3-6,15H,7-14,16H2,1-2H3. The Balaban J connectivity index is 1.37. The summed E-state index contributed by atoms with van der Waals surface area (Å²) in [4.78, 5) is 31.5. The van der Waals surface area contributed by atoms with Crippen LogP contribution in [0.1, 0.15) is 21.7 Å². The number of aromatic nitrogens is 1. The molecule has 2 aromatic rings. The summed E-state index contributed by atoms with van der Waals surface area (Å²) in [6, 6.07) is 8.25. The summed E-state index contributed by atoms with van der Waals surface area (Å²) in [7, 11) is 0. The molecule has 2 aliphatic heterocycles. The number of nitrogens with zero attached hydrogens (tertiary/aromatic N) is 4.